The second-order valence-electron chi connectivity index (χ2n) is 7.20. The van der Waals surface area contributed by atoms with E-state index in [-0.39, 0.29) is 0 Å². The third-order valence-electron chi connectivity index (χ3n) is 4.86. The lowest BCUT2D eigenvalue weighted by Crippen LogP contribution is -2.06. The molecule has 0 saturated heterocycles. The highest BCUT2D eigenvalue weighted by atomic mass is 32.2. The predicted octanol–water partition coefficient (Wildman–Crippen LogP) is 5.58. The molecule has 0 atom stereocenters. The molecule has 0 bridgehead atoms. The van der Waals surface area contributed by atoms with E-state index in [9.17, 15) is 0 Å². The number of fused-ring (bicyclic) bond motifs is 1. The second kappa shape index (κ2) is 9.46. The first-order valence-corrected chi connectivity index (χ1v) is 10.8. The Morgan fingerprint density at radius 3 is 2.57 bits per heavy atom. The van der Waals surface area contributed by atoms with Crippen LogP contribution in [0.4, 0.5) is 0 Å². The van der Waals surface area contributed by atoms with Gasteiger partial charge < -0.3 is 10.3 Å². The number of amidine groups is 1. The zero-order valence-electron chi connectivity index (χ0n) is 16.9. The van der Waals surface area contributed by atoms with Crippen LogP contribution in [0.2, 0.25) is 0 Å². The van der Waals surface area contributed by atoms with Crippen LogP contribution in [0, 0.1) is 6.92 Å². The van der Waals surface area contributed by atoms with Gasteiger partial charge in [-0.15, -0.1) is 5.10 Å². The molecule has 1 heterocycles. The summed E-state index contributed by atoms with van der Waals surface area (Å²) in [4.78, 5) is 0. The van der Waals surface area contributed by atoms with Crippen molar-refractivity contribution < 1.29 is 0 Å². The van der Waals surface area contributed by atoms with Crippen LogP contribution in [0.5, 0.6) is 0 Å². The zero-order valence-corrected chi connectivity index (χ0v) is 17.7. The fraction of sp³-hybridized carbons (Fsp3) is 0.120. The van der Waals surface area contributed by atoms with E-state index < -0.39 is 0 Å². The minimum atomic E-state index is 0.457. The molecule has 5 heteroatoms. The van der Waals surface area contributed by atoms with Crippen molar-refractivity contribution in [3.05, 3.63) is 107 Å². The maximum absolute atomic E-state index is 5.98. The van der Waals surface area contributed by atoms with Crippen LogP contribution in [0.1, 0.15) is 22.3 Å². The van der Waals surface area contributed by atoms with Gasteiger partial charge in [0.25, 0.3) is 0 Å². The van der Waals surface area contributed by atoms with E-state index in [0.29, 0.717) is 5.17 Å². The lowest BCUT2D eigenvalue weighted by Gasteiger charge is -2.07. The third kappa shape index (κ3) is 5.19. The van der Waals surface area contributed by atoms with Gasteiger partial charge in [-0.2, -0.15) is 5.10 Å². The molecule has 0 fully saturated rings. The Kier molecular flexibility index (Phi) is 6.30. The van der Waals surface area contributed by atoms with Crippen LogP contribution in [0.25, 0.3) is 10.9 Å². The van der Waals surface area contributed by atoms with E-state index in [0.717, 1.165) is 17.9 Å². The largest absolute Gasteiger partial charge is 0.377 e. The standard InChI is InChI=1S/C25H24N4S/c1-19-7-9-20(10-8-19)17-29-14-13-23-12-11-22(15-24(23)29)16-27-28-25(26)30-18-21-5-3-2-4-6-21/h2-16H,17-18H2,1H3,(H2,26,28). The normalized spacial score (nSPS) is 12.1. The Morgan fingerprint density at radius 2 is 1.77 bits per heavy atom. The maximum atomic E-state index is 5.98. The summed E-state index contributed by atoms with van der Waals surface area (Å²) in [5.74, 6) is 0.782. The van der Waals surface area contributed by atoms with Crippen LogP contribution in [-0.2, 0) is 12.3 Å². The highest BCUT2D eigenvalue weighted by Gasteiger charge is 2.03. The second-order valence-corrected chi connectivity index (χ2v) is 8.20. The number of thioether (sulfide) groups is 1. The Bertz CT molecular complexity index is 1170. The van der Waals surface area contributed by atoms with Crippen molar-refractivity contribution in [3.8, 4) is 0 Å². The summed E-state index contributed by atoms with van der Waals surface area (Å²) in [7, 11) is 0. The zero-order chi connectivity index (χ0) is 20.8. The third-order valence-corrected chi connectivity index (χ3v) is 5.72. The molecular weight excluding hydrogens is 388 g/mol. The summed E-state index contributed by atoms with van der Waals surface area (Å²) in [6.45, 7) is 2.95. The van der Waals surface area contributed by atoms with E-state index in [1.165, 1.54) is 39.4 Å². The molecule has 0 spiro atoms. The van der Waals surface area contributed by atoms with Gasteiger partial charge in [0.05, 0.1) is 6.21 Å². The summed E-state index contributed by atoms with van der Waals surface area (Å²) < 4.78 is 2.25. The monoisotopic (exact) mass is 412 g/mol. The fourth-order valence-corrected chi connectivity index (χ4v) is 3.83. The van der Waals surface area contributed by atoms with Crippen LogP contribution in [0.3, 0.4) is 0 Å². The SMILES string of the molecule is Cc1ccc(Cn2ccc3ccc(C=NN=C(N)SCc4ccccc4)cc32)cc1. The maximum Gasteiger partial charge on any atom is 0.180 e. The Labute approximate surface area is 181 Å². The van der Waals surface area contributed by atoms with Crippen molar-refractivity contribution in [3.63, 3.8) is 0 Å². The van der Waals surface area contributed by atoms with Gasteiger partial charge in [0.2, 0.25) is 0 Å². The van der Waals surface area contributed by atoms with Gasteiger partial charge in [0.15, 0.2) is 5.17 Å². The number of hydrogen-bond donors (Lipinski definition) is 1. The average molecular weight is 413 g/mol. The van der Waals surface area contributed by atoms with Gasteiger partial charge in [-0.1, -0.05) is 84.1 Å². The minimum Gasteiger partial charge on any atom is -0.377 e. The van der Waals surface area contributed by atoms with Crippen LogP contribution >= 0.6 is 11.8 Å². The van der Waals surface area contributed by atoms with Crippen molar-refractivity contribution in [2.24, 2.45) is 15.9 Å². The first-order valence-electron chi connectivity index (χ1n) is 9.85. The van der Waals surface area contributed by atoms with Crippen LogP contribution in [-0.4, -0.2) is 15.9 Å². The molecule has 0 unspecified atom stereocenters. The van der Waals surface area contributed by atoms with Gasteiger partial charge in [-0.3, -0.25) is 0 Å². The molecule has 3 aromatic carbocycles. The molecule has 30 heavy (non-hydrogen) atoms. The summed E-state index contributed by atoms with van der Waals surface area (Å²) >= 11 is 1.48. The van der Waals surface area contributed by atoms with Gasteiger partial charge in [-0.05, 0) is 41.1 Å². The highest BCUT2D eigenvalue weighted by Crippen LogP contribution is 2.19. The molecule has 1 aromatic heterocycles. The number of rotatable bonds is 6. The number of hydrogen-bond acceptors (Lipinski definition) is 3. The average Bonchev–Trinajstić information content (AvgIpc) is 3.17. The summed E-state index contributed by atoms with van der Waals surface area (Å²) in [5, 5.41) is 9.96. The number of nitrogens with two attached hydrogens (primary N) is 1. The number of nitrogens with zero attached hydrogens (tertiary/aromatic N) is 3. The van der Waals surface area contributed by atoms with Crippen molar-refractivity contribution in [2.45, 2.75) is 19.2 Å². The molecule has 0 aliphatic heterocycles. The van der Waals surface area contributed by atoms with Crippen molar-refractivity contribution >= 4 is 34.0 Å². The molecular formula is C25H24N4S. The first-order chi connectivity index (χ1) is 14.7. The molecule has 150 valence electrons. The Morgan fingerprint density at radius 1 is 0.967 bits per heavy atom. The molecule has 4 aromatic rings. The van der Waals surface area contributed by atoms with E-state index >= 15 is 0 Å². The van der Waals surface area contributed by atoms with Crippen molar-refractivity contribution in [1.29, 1.82) is 0 Å². The van der Waals surface area contributed by atoms with Gasteiger partial charge in [0, 0.05) is 24.0 Å². The lowest BCUT2D eigenvalue weighted by molar-refractivity contribution is 0.836. The summed E-state index contributed by atoms with van der Waals surface area (Å²) in [6.07, 6.45) is 3.88. The Hall–Kier alpha value is -3.31. The number of benzene rings is 3. The topological polar surface area (TPSA) is 55.7 Å². The van der Waals surface area contributed by atoms with Gasteiger partial charge in [0.1, 0.15) is 0 Å². The number of aryl methyl sites for hydroxylation is 1. The predicted molar refractivity (Wildman–Crippen MR) is 129 cm³/mol. The quantitative estimate of drug-likeness (QED) is 0.255. The van der Waals surface area contributed by atoms with Gasteiger partial charge in [-0.25, -0.2) is 0 Å². The molecule has 2 N–H and O–H groups in total. The molecule has 0 aliphatic rings. The van der Waals surface area contributed by atoms with E-state index in [1.807, 2.05) is 24.3 Å². The van der Waals surface area contributed by atoms with E-state index in [1.54, 1.807) is 6.21 Å². The van der Waals surface area contributed by atoms with Crippen LogP contribution in [0.15, 0.2) is 95.3 Å². The van der Waals surface area contributed by atoms with Crippen molar-refractivity contribution in [2.75, 3.05) is 0 Å². The molecule has 4 rings (SSSR count). The molecule has 0 aliphatic carbocycles. The van der Waals surface area contributed by atoms with Gasteiger partial charge >= 0.3 is 0 Å². The molecule has 0 amide bonds. The molecule has 4 nitrogen and oxygen atoms in total. The first kappa shape index (κ1) is 20.0. The Balaban J connectivity index is 1.44. The van der Waals surface area contributed by atoms with E-state index in [2.05, 4.69) is 82.5 Å². The highest BCUT2D eigenvalue weighted by molar-refractivity contribution is 8.13. The lowest BCUT2D eigenvalue weighted by atomic mass is 10.1. The minimum absolute atomic E-state index is 0.457. The fourth-order valence-electron chi connectivity index (χ4n) is 3.22. The number of aromatic nitrogens is 1. The molecule has 0 radical (unpaired) electrons. The van der Waals surface area contributed by atoms with Crippen LogP contribution < -0.4 is 5.73 Å². The summed E-state index contributed by atoms with van der Waals surface area (Å²) in [5.41, 5.74) is 11.9. The van der Waals surface area contributed by atoms with Crippen molar-refractivity contribution in [1.82, 2.24) is 4.57 Å². The summed E-state index contributed by atoms with van der Waals surface area (Å²) in [6, 6.07) is 27.3. The van der Waals surface area contributed by atoms with E-state index in [4.69, 9.17) is 5.73 Å². The smallest absolute Gasteiger partial charge is 0.180 e. The molecule has 0 saturated carbocycles.